The van der Waals surface area contributed by atoms with Crippen LogP contribution in [0, 0.1) is 6.20 Å². The Labute approximate surface area is 76.7 Å². The number of alkyl halides is 3. The van der Waals surface area contributed by atoms with Gasteiger partial charge in [-0.3, -0.25) is 0 Å². The number of hydrogen-bond acceptors (Lipinski definition) is 3. The van der Waals surface area contributed by atoms with Crippen molar-refractivity contribution in [3.05, 3.63) is 11.6 Å². The summed E-state index contributed by atoms with van der Waals surface area (Å²) in [6.45, 7) is 0. The quantitative estimate of drug-likeness (QED) is 0.675. The van der Waals surface area contributed by atoms with Crippen molar-refractivity contribution in [3.8, 4) is 5.19 Å². The van der Waals surface area contributed by atoms with E-state index in [1.807, 2.05) is 0 Å². The maximum absolute atomic E-state index is 5.29. The van der Waals surface area contributed by atoms with E-state index >= 15 is 0 Å². The maximum Gasteiger partial charge on any atom is 0.340 e. The van der Waals surface area contributed by atoms with Crippen LogP contribution in [0.1, 0.15) is 0 Å². The smallest absolute Gasteiger partial charge is 0.340 e. The van der Waals surface area contributed by atoms with Crippen LogP contribution in [0.15, 0.2) is 5.38 Å². The van der Waals surface area contributed by atoms with Gasteiger partial charge in [0.15, 0.2) is 0 Å². The molecule has 0 bridgehead atoms. The minimum Gasteiger partial charge on any atom is -0.419 e. The minimum atomic E-state index is -1.73. The summed E-state index contributed by atoms with van der Waals surface area (Å²) < 4.78 is 2.98. The lowest BCUT2D eigenvalue weighted by Gasteiger charge is -2.09. The first kappa shape index (κ1) is 8.40. The van der Waals surface area contributed by atoms with Crippen molar-refractivity contribution in [2.24, 2.45) is 0 Å². The fourth-order valence-corrected chi connectivity index (χ4v) is 1.17. The molecule has 6 heteroatoms. The molecule has 0 aliphatic heterocycles. The van der Waals surface area contributed by atoms with Crippen LogP contribution in [-0.4, -0.2) is 8.96 Å². The summed E-state index contributed by atoms with van der Waals surface area (Å²) in [6, 6.07) is 0. The molecule has 0 aliphatic rings. The van der Waals surface area contributed by atoms with Gasteiger partial charge >= 0.3 is 3.98 Å². The lowest BCUT2D eigenvalue weighted by atomic mass is 11.0. The summed E-state index contributed by atoms with van der Waals surface area (Å²) >= 11 is 17.1. The Morgan fingerprint density at radius 3 is 2.70 bits per heavy atom. The van der Waals surface area contributed by atoms with E-state index in [0.29, 0.717) is 5.19 Å². The van der Waals surface area contributed by atoms with E-state index < -0.39 is 3.98 Å². The topological polar surface area (TPSA) is 22.1 Å². The highest BCUT2D eigenvalue weighted by Gasteiger charge is 2.22. The summed E-state index contributed by atoms with van der Waals surface area (Å²) in [5.41, 5.74) is 0. The largest absolute Gasteiger partial charge is 0.419 e. The van der Waals surface area contributed by atoms with Crippen LogP contribution < -0.4 is 4.74 Å². The second-order valence-corrected chi connectivity index (χ2v) is 4.29. The molecule has 0 aromatic carbocycles. The molecule has 0 saturated carbocycles. The Bertz CT molecular complexity index is 195. The third-order valence-corrected chi connectivity index (χ3v) is 1.40. The molecule has 0 N–H and O–H groups in total. The number of halogens is 3. The summed E-state index contributed by atoms with van der Waals surface area (Å²) in [7, 11) is 0. The van der Waals surface area contributed by atoms with Gasteiger partial charge in [0.2, 0.25) is 0 Å². The van der Waals surface area contributed by atoms with Crippen LogP contribution in [-0.2, 0) is 0 Å². The second kappa shape index (κ2) is 3.13. The van der Waals surface area contributed by atoms with Crippen molar-refractivity contribution in [2.75, 3.05) is 0 Å². The van der Waals surface area contributed by atoms with E-state index in [9.17, 15) is 0 Å². The standard InChI is InChI=1S/C4HCl3NOS/c5-4(6,7)9-3-8-1-2-10-3/h2H. The van der Waals surface area contributed by atoms with E-state index in [1.165, 1.54) is 11.3 Å². The van der Waals surface area contributed by atoms with Gasteiger partial charge in [-0.1, -0.05) is 11.3 Å². The predicted molar refractivity (Wildman–Crippen MR) is 41.9 cm³/mol. The third kappa shape index (κ3) is 2.92. The third-order valence-electron chi connectivity index (χ3n) is 0.571. The number of nitrogens with zero attached hydrogens (tertiary/aromatic N) is 1. The zero-order chi connectivity index (χ0) is 7.61. The average Bonchev–Trinajstić information content (AvgIpc) is 2.12. The molecule has 55 valence electrons. The molecule has 0 fully saturated rings. The molecule has 2 nitrogen and oxygen atoms in total. The van der Waals surface area contributed by atoms with Gasteiger partial charge in [-0.05, 0) is 34.8 Å². The predicted octanol–water partition coefficient (Wildman–Crippen LogP) is 2.65. The number of ether oxygens (including phenoxy) is 1. The van der Waals surface area contributed by atoms with Crippen molar-refractivity contribution >= 4 is 46.1 Å². The molecule has 1 heterocycles. The summed E-state index contributed by atoms with van der Waals surface area (Å²) in [6.07, 6.45) is 2.52. The molecular formula is C4HCl3NOS. The van der Waals surface area contributed by atoms with Crippen molar-refractivity contribution in [1.29, 1.82) is 0 Å². The van der Waals surface area contributed by atoms with Gasteiger partial charge in [0.25, 0.3) is 5.19 Å². The number of aromatic nitrogens is 1. The van der Waals surface area contributed by atoms with Crippen LogP contribution in [0.4, 0.5) is 0 Å². The highest BCUT2D eigenvalue weighted by molar-refractivity contribution is 7.11. The molecule has 0 amide bonds. The van der Waals surface area contributed by atoms with Crippen molar-refractivity contribution in [1.82, 2.24) is 4.98 Å². The zero-order valence-electron chi connectivity index (χ0n) is 4.47. The van der Waals surface area contributed by atoms with Crippen LogP contribution in [0.25, 0.3) is 0 Å². The van der Waals surface area contributed by atoms with Gasteiger partial charge in [0.1, 0.15) is 6.20 Å². The van der Waals surface area contributed by atoms with Gasteiger partial charge < -0.3 is 4.74 Å². The van der Waals surface area contributed by atoms with Gasteiger partial charge in [0.05, 0.1) is 0 Å². The van der Waals surface area contributed by atoms with Gasteiger partial charge in [-0.15, -0.1) is 0 Å². The number of thiazole rings is 1. The Morgan fingerprint density at radius 2 is 2.30 bits per heavy atom. The fraction of sp³-hybridized carbons (Fsp3) is 0.250. The fourth-order valence-electron chi connectivity index (χ4n) is 0.328. The Hall–Kier alpha value is 0.300. The average molecular weight is 217 g/mol. The molecule has 1 rings (SSSR count). The van der Waals surface area contributed by atoms with Crippen molar-refractivity contribution < 1.29 is 4.74 Å². The monoisotopic (exact) mass is 216 g/mol. The molecule has 0 aliphatic carbocycles. The molecule has 1 radical (unpaired) electrons. The molecular weight excluding hydrogens is 216 g/mol. The lowest BCUT2D eigenvalue weighted by molar-refractivity contribution is 0.318. The van der Waals surface area contributed by atoms with E-state index in [0.717, 1.165) is 0 Å². The molecule has 1 aromatic rings. The van der Waals surface area contributed by atoms with Gasteiger partial charge in [-0.25, -0.2) is 4.98 Å². The van der Waals surface area contributed by atoms with Crippen LogP contribution in [0.5, 0.6) is 5.19 Å². The van der Waals surface area contributed by atoms with Crippen molar-refractivity contribution in [2.45, 2.75) is 3.98 Å². The maximum atomic E-state index is 5.29. The first-order valence-electron chi connectivity index (χ1n) is 2.15. The molecule has 10 heavy (non-hydrogen) atoms. The highest BCUT2D eigenvalue weighted by atomic mass is 35.6. The van der Waals surface area contributed by atoms with Gasteiger partial charge in [0, 0.05) is 5.38 Å². The molecule has 0 spiro atoms. The summed E-state index contributed by atoms with van der Waals surface area (Å²) in [4.78, 5) is 3.62. The van der Waals surface area contributed by atoms with E-state index in [4.69, 9.17) is 39.5 Å². The van der Waals surface area contributed by atoms with Crippen LogP contribution >= 0.6 is 46.1 Å². The second-order valence-electron chi connectivity index (χ2n) is 1.29. The summed E-state index contributed by atoms with van der Waals surface area (Å²) in [5, 5.41) is 1.89. The normalized spacial score (nSPS) is 11.5. The van der Waals surface area contributed by atoms with Crippen LogP contribution in [0.2, 0.25) is 0 Å². The minimum absolute atomic E-state index is 0.292. The highest BCUT2D eigenvalue weighted by Crippen LogP contribution is 2.30. The molecule has 0 saturated heterocycles. The van der Waals surface area contributed by atoms with Crippen molar-refractivity contribution in [3.63, 3.8) is 0 Å². The van der Waals surface area contributed by atoms with Gasteiger partial charge in [-0.2, -0.15) is 0 Å². The molecule has 0 unspecified atom stereocenters. The van der Waals surface area contributed by atoms with Crippen LogP contribution in [0.3, 0.4) is 0 Å². The SMILES string of the molecule is ClC(Cl)(Cl)Oc1n[c]cs1. The van der Waals surface area contributed by atoms with E-state index in [-0.39, 0.29) is 0 Å². The first-order chi connectivity index (χ1) is 4.58. The number of hydrogen-bond donors (Lipinski definition) is 0. The number of rotatable bonds is 1. The molecule has 1 aromatic heterocycles. The lowest BCUT2D eigenvalue weighted by Crippen LogP contribution is -2.11. The summed E-state index contributed by atoms with van der Waals surface area (Å²) in [5.74, 6) is 0. The molecule has 0 atom stereocenters. The first-order valence-corrected chi connectivity index (χ1v) is 4.16. The van der Waals surface area contributed by atoms with E-state index in [2.05, 4.69) is 11.2 Å². The Morgan fingerprint density at radius 1 is 1.60 bits per heavy atom. The van der Waals surface area contributed by atoms with E-state index in [1.54, 1.807) is 5.38 Å². The zero-order valence-corrected chi connectivity index (χ0v) is 7.56. The Kier molecular flexibility index (Phi) is 2.63. The Balaban J connectivity index is 2.57.